The number of methoxy groups -OCH3 is 1. The van der Waals surface area contributed by atoms with Gasteiger partial charge < -0.3 is 14.6 Å². The van der Waals surface area contributed by atoms with Crippen LogP contribution in [0.15, 0.2) is 72.3 Å². The molecule has 5 rings (SSSR count). The molecule has 1 N–H and O–H groups in total. The zero-order valence-electron chi connectivity index (χ0n) is 20.3. The highest BCUT2D eigenvalue weighted by Gasteiger charge is 2.48. The third-order valence-corrected chi connectivity index (χ3v) is 7.31. The number of thiazole rings is 1. The Bertz CT molecular complexity index is 1610. The number of nitrogens with zero attached hydrogens (tertiary/aromatic N) is 2. The number of esters is 1. The van der Waals surface area contributed by atoms with Crippen LogP contribution in [0.2, 0.25) is 5.02 Å². The second kappa shape index (κ2) is 10.3. The Morgan fingerprint density at radius 2 is 1.84 bits per heavy atom. The minimum absolute atomic E-state index is 0.105. The lowest BCUT2D eigenvalue weighted by molar-refractivity contribution is -0.132. The Labute approximate surface area is 226 Å². The Morgan fingerprint density at radius 3 is 2.55 bits per heavy atom. The first-order valence-corrected chi connectivity index (χ1v) is 12.8. The molecule has 2 heterocycles. The zero-order chi connectivity index (χ0) is 27.0. The number of hydrogen-bond acceptors (Lipinski definition) is 8. The van der Waals surface area contributed by atoms with E-state index in [2.05, 4.69) is 4.98 Å². The molecule has 1 aliphatic heterocycles. The summed E-state index contributed by atoms with van der Waals surface area (Å²) < 4.78 is 11.1. The molecule has 8 nitrogen and oxygen atoms in total. The standard InChI is InChI=1S/C28H21ClN2O6S/c1-3-37-19-6-4-5-17(13-19)24(32)22-23(15-7-9-16(10-8-15)27(35)36-2)31(26(34)25(22)33)28-30-20-12-11-18(29)14-21(20)38-28/h4-14,23,32H,3H2,1-2H3/b24-22+. The van der Waals surface area contributed by atoms with Gasteiger partial charge in [-0.05, 0) is 55.0 Å². The summed E-state index contributed by atoms with van der Waals surface area (Å²) in [6.07, 6.45) is 0. The number of amides is 1. The minimum Gasteiger partial charge on any atom is -0.507 e. The normalized spacial score (nSPS) is 16.7. The quantitative estimate of drug-likeness (QED) is 0.141. The number of aliphatic hydroxyl groups is 1. The Hall–Kier alpha value is -4.21. The first-order chi connectivity index (χ1) is 18.3. The van der Waals surface area contributed by atoms with Gasteiger partial charge in [-0.15, -0.1) is 0 Å². The van der Waals surface area contributed by atoms with Gasteiger partial charge >= 0.3 is 11.9 Å². The maximum absolute atomic E-state index is 13.4. The Morgan fingerprint density at radius 1 is 1.08 bits per heavy atom. The number of aliphatic hydroxyl groups excluding tert-OH is 1. The molecule has 192 valence electrons. The average molecular weight is 549 g/mol. The van der Waals surface area contributed by atoms with E-state index in [1.807, 2.05) is 6.92 Å². The van der Waals surface area contributed by atoms with E-state index < -0.39 is 23.7 Å². The number of aromatic nitrogens is 1. The smallest absolute Gasteiger partial charge is 0.337 e. The number of anilines is 1. The van der Waals surface area contributed by atoms with Crippen molar-refractivity contribution >= 4 is 61.7 Å². The van der Waals surface area contributed by atoms with Gasteiger partial charge in [0.1, 0.15) is 11.5 Å². The van der Waals surface area contributed by atoms with Crippen LogP contribution in [0.4, 0.5) is 5.13 Å². The first kappa shape index (κ1) is 25.4. The summed E-state index contributed by atoms with van der Waals surface area (Å²) in [4.78, 5) is 44.7. The molecule has 1 aliphatic rings. The molecular formula is C28H21ClN2O6S. The van der Waals surface area contributed by atoms with Crippen molar-refractivity contribution in [2.75, 3.05) is 18.6 Å². The predicted octanol–water partition coefficient (Wildman–Crippen LogP) is 5.76. The predicted molar refractivity (Wildman–Crippen MR) is 145 cm³/mol. The topological polar surface area (TPSA) is 106 Å². The van der Waals surface area contributed by atoms with E-state index in [1.54, 1.807) is 54.6 Å². The van der Waals surface area contributed by atoms with Gasteiger partial charge in [-0.25, -0.2) is 9.78 Å². The molecule has 1 unspecified atom stereocenters. The summed E-state index contributed by atoms with van der Waals surface area (Å²) >= 11 is 7.34. The molecule has 0 bridgehead atoms. The van der Waals surface area contributed by atoms with E-state index in [-0.39, 0.29) is 16.5 Å². The fourth-order valence-electron chi connectivity index (χ4n) is 4.31. The van der Waals surface area contributed by atoms with Crippen molar-refractivity contribution < 1.29 is 29.0 Å². The second-order valence-electron chi connectivity index (χ2n) is 8.35. The Balaban J connectivity index is 1.70. The van der Waals surface area contributed by atoms with Crippen LogP contribution in [0.25, 0.3) is 16.0 Å². The summed E-state index contributed by atoms with van der Waals surface area (Å²) in [6, 6.07) is 17.1. The average Bonchev–Trinajstić information content (AvgIpc) is 3.45. The van der Waals surface area contributed by atoms with Crippen molar-refractivity contribution in [3.63, 3.8) is 0 Å². The van der Waals surface area contributed by atoms with Gasteiger partial charge in [0.2, 0.25) is 0 Å². The largest absolute Gasteiger partial charge is 0.507 e. The zero-order valence-corrected chi connectivity index (χ0v) is 21.9. The maximum atomic E-state index is 13.4. The van der Waals surface area contributed by atoms with Gasteiger partial charge in [-0.3, -0.25) is 14.5 Å². The lowest BCUT2D eigenvalue weighted by Crippen LogP contribution is -2.29. The second-order valence-corrected chi connectivity index (χ2v) is 9.80. The number of benzene rings is 3. The van der Waals surface area contributed by atoms with Crippen LogP contribution in [-0.2, 0) is 14.3 Å². The molecule has 1 amide bonds. The van der Waals surface area contributed by atoms with E-state index in [9.17, 15) is 19.5 Å². The number of halogens is 1. The molecule has 0 saturated carbocycles. The van der Waals surface area contributed by atoms with Crippen LogP contribution in [-0.4, -0.2) is 41.5 Å². The Kier molecular flexibility index (Phi) is 6.88. The van der Waals surface area contributed by atoms with E-state index in [1.165, 1.54) is 35.5 Å². The van der Waals surface area contributed by atoms with Crippen molar-refractivity contribution in [2.24, 2.45) is 0 Å². The fraction of sp³-hybridized carbons (Fsp3) is 0.143. The number of ketones is 1. The molecule has 1 fully saturated rings. The molecule has 4 aromatic rings. The van der Waals surface area contributed by atoms with E-state index in [0.717, 1.165) is 4.70 Å². The van der Waals surface area contributed by atoms with Crippen LogP contribution >= 0.6 is 22.9 Å². The molecule has 1 aromatic heterocycles. The number of rotatable bonds is 6. The number of fused-ring (bicyclic) bond motifs is 1. The molecule has 3 aromatic carbocycles. The summed E-state index contributed by atoms with van der Waals surface area (Å²) in [5.74, 6) is -2.06. The van der Waals surface area contributed by atoms with Crippen LogP contribution < -0.4 is 9.64 Å². The SMILES string of the molecule is CCOc1cccc(/C(O)=C2\C(=O)C(=O)N(c3nc4ccc(Cl)cc4s3)C2c2ccc(C(=O)OC)cc2)c1. The fourth-order valence-corrected chi connectivity index (χ4v) is 5.58. The summed E-state index contributed by atoms with van der Waals surface area (Å²) in [5, 5.41) is 12.2. The van der Waals surface area contributed by atoms with Gasteiger partial charge in [0, 0.05) is 10.6 Å². The molecule has 0 spiro atoms. The van der Waals surface area contributed by atoms with Crippen molar-refractivity contribution in [2.45, 2.75) is 13.0 Å². The summed E-state index contributed by atoms with van der Waals surface area (Å²) in [7, 11) is 1.28. The monoisotopic (exact) mass is 548 g/mol. The molecule has 1 saturated heterocycles. The van der Waals surface area contributed by atoms with Gasteiger partial charge in [-0.2, -0.15) is 0 Å². The summed E-state index contributed by atoms with van der Waals surface area (Å²) in [6.45, 7) is 2.25. The van der Waals surface area contributed by atoms with Crippen molar-refractivity contribution in [1.82, 2.24) is 4.98 Å². The highest BCUT2D eigenvalue weighted by atomic mass is 35.5. The third-order valence-electron chi connectivity index (χ3n) is 6.06. The first-order valence-electron chi connectivity index (χ1n) is 11.6. The summed E-state index contributed by atoms with van der Waals surface area (Å²) in [5.41, 5.74) is 1.62. The molecule has 0 aliphatic carbocycles. The van der Waals surface area contributed by atoms with Gasteiger partial charge in [0.25, 0.3) is 5.78 Å². The van der Waals surface area contributed by atoms with Crippen molar-refractivity contribution in [1.29, 1.82) is 0 Å². The lowest BCUT2D eigenvalue weighted by atomic mass is 9.94. The van der Waals surface area contributed by atoms with Crippen molar-refractivity contribution in [3.05, 3.63) is 94.0 Å². The number of hydrogen-bond donors (Lipinski definition) is 1. The minimum atomic E-state index is -1.01. The third kappa shape index (κ3) is 4.51. The molecule has 0 radical (unpaired) electrons. The molecular weight excluding hydrogens is 528 g/mol. The number of ether oxygens (including phenoxy) is 2. The van der Waals surface area contributed by atoms with E-state index >= 15 is 0 Å². The maximum Gasteiger partial charge on any atom is 0.337 e. The van der Waals surface area contributed by atoms with E-state index in [4.69, 9.17) is 21.1 Å². The van der Waals surface area contributed by atoms with Crippen LogP contribution in [0.1, 0.15) is 34.5 Å². The molecule has 1 atom stereocenters. The van der Waals surface area contributed by atoms with Crippen LogP contribution in [0.5, 0.6) is 5.75 Å². The lowest BCUT2D eigenvalue weighted by Gasteiger charge is -2.23. The molecule has 10 heteroatoms. The van der Waals surface area contributed by atoms with Gasteiger partial charge in [-0.1, -0.05) is 47.2 Å². The van der Waals surface area contributed by atoms with Crippen LogP contribution in [0, 0.1) is 0 Å². The molecule has 38 heavy (non-hydrogen) atoms. The highest BCUT2D eigenvalue weighted by Crippen LogP contribution is 2.44. The number of carbonyl (C=O) groups excluding carboxylic acids is 3. The van der Waals surface area contributed by atoms with Gasteiger partial charge in [0.15, 0.2) is 5.13 Å². The van der Waals surface area contributed by atoms with Crippen molar-refractivity contribution in [3.8, 4) is 5.75 Å². The number of carbonyl (C=O) groups is 3. The van der Waals surface area contributed by atoms with Gasteiger partial charge in [0.05, 0.1) is 41.1 Å². The highest BCUT2D eigenvalue weighted by molar-refractivity contribution is 7.22. The van der Waals surface area contributed by atoms with E-state index in [0.29, 0.717) is 39.6 Å². The number of Topliss-reactive ketones (excluding diaryl/α,β-unsaturated/α-hetero) is 1. The van der Waals surface area contributed by atoms with Crippen LogP contribution in [0.3, 0.4) is 0 Å².